The number of carboxylic acids is 1. The number of aromatic hydroxyl groups is 2. The van der Waals surface area contributed by atoms with Crippen LogP contribution in [0.3, 0.4) is 0 Å². The number of hydrogen-bond donors (Lipinski definition) is 3. The van der Waals surface area contributed by atoms with Gasteiger partial charge in [0, 0.05) is 10.6 Å². The summed E-state index contributed by atoms with van der Waals surface area (Å²) >= 11 is 14.3. The van der Waals surface area contributed by atoms with Crippen molar-refractivity contribution < 1.29 is 54.1 Å². The molecule has 3 N–H and O–H groups in total. The molecule has 0 saturated heterocycles. The molecule has 0 unspecified atom stereocenters. The van der Waals surface area contributed by atoms with Gasteiger partial charge in [-0.15, -0.1) is 0 Å². The normalized spacial score (nSPS) is 11.0. The van der Waals surface area contributed by atoms with Crippen LogP contribution in [0.4, 0.5) is 0 Å². The van der Waals surface area contributed by atoms with Crippen molar-refractivity contribution in [3.05, 3.63) is 55.2 Å². The van der Waals surface area contributed by atoms with Gasteiger partial charge in [-0.1, -0.05) is 11.6 Å². The molecule has 0 bridgehead atoms. The Hall–Kier alpha value is 0.610. The molecule has 31 heavy (non-hydrogen) atoms. The SMILES string of the molecule is O=C(O)c1ccc(Cl)cc1-c1c2cc(I)c(O)c(I)c2[o+]c2c(I)c(O)c(I)cc12.[Na+]. The molecule has 5 nitrogen and oxygen atoms in total. The number of halogens is 5. The van der Waals surface area contributed by atoms with E-state index in [1.807, 2.05) is 90.4 Å². The van der Waals surface area contributed by atoms with E-state index in [1.54, 1.807) is 18.2 Å². The zero-order valence-corrected chi connectivity index (χ0v) is 26.8. The number of rotatable bonds is 2. The number of aromatic carboxylic acids is 1. The minimum absolute atomic E-state index is 0. The maximum atomic E-state index is 12.0. The molecule has 0 aliphatic carbocycles. The minimum Gasteiger partial charge on any atom is -0.505 e. The fraction of sp³-hybridized carbons (Fsp3) is 0. The van der Waals surface area contributed by atoms with Crippen molar-refractivity contribution >= 4 is 130 Å². The molecule has 0 radical (unpaired) electrons. The van der Waals surface area contributed by atoms with E-state index in [2.05, 4.69) is 0 Å². The minimum atomic E-state index is -1.09. The molecule has 0 amide bonds. The van der Waals surface area contributed by atoms with Crippen molar-refractivity contribution in [3.63, 3.8) is 0 Å². The van der Waals surface area contributed by atoms with Gasteiger partial charge in [0.2, 0.25) is 0 Å². The average Bonchev–Trinajstić information content (AvgIpc) is 2.69. The predicted octanol–water partition coefficient (Wildman–Crippen LogP) is 4.72. The van der Waals surface area contributed by atoms with Crippen LogP contribution in [0.5, 0.6) is 11.5 Å². The second kappa shape index (κ2) is 10.1. The van der Waals surface area contributed by atoms with Gasteiger partial charge in [-0.2, -0.15) is 0 Å². The van der Waals surface area contributed by atoms with Crippen molar-refractivity contribution in [1.29, 1.82) is 0 Å². The second-order valence-electron chi connectivity index (χ2n) is 6.27. The summed E-state index contributed by atoms with van der Waals surface area (Å²) in [5.41, 5.74) is 1.91. The van der Waals surface area contributed by atoms with E-state index in [9.17, 15) is 20.1 Å². The van der Waals surface area contributed by atoms with Crippen molar-refractivity contribution in [1.82, 2.24) is 0 Å². The smallest absolute Gasteiger partial charge is 0.505 e. The molecular formula is C20H8ClI4NaO5+2. The van der Waals surface area contributed by atoms with E-state index in [0.717, 1.165) is 0 Å². The van der Waals surface area contributed by atoms with Crippen LogP contribution in [-0.4, -0.2) is 21.3 Å². The number of phenolic OH excluding ortho intramolecular Hbond substituents is 2. The van der Waals surface area contributed by atoms with Gasteiger partial charge in [0.15, 0.2) is 18.6 Å². The zero-order valence-electron chi connectivity index (χ0n) is 15.4. The molecule has 152 valence electrons. The fourth-order valence-corrected chi connectivity index (χ4v) is 6.95. The number of fused-ring (bicyclic) bond motifs is 2. The van der Waals surface area contributed by atoms with Gasteiger partial charge in [0.05, 0.1) is 23.5 Å². The van der Waals surface area contributed by atoms with Crippen molar-refractivity contribution in [2.75, 3.05) is 0 Å². The summed E-state index contributed by atoms with van der Waals surface area (Å²) in [4.78, 5) is 12.0. The molecule has 1 heterocycles. The number of carboxylic acid groups (broad SMARTS) is 1. The van der Waals surface area contributed by atoms with E-state index in [1.165, 1.54) is 12.1 Å². The van der Waals surface area contributed by atoms with Gasteiger partial charge >= 0.3 is 46.7 Å². The van der Waals surface area contributed by atoms with E-state index in [4.69, 9.17) is 16.0 Å². The molecular weight excluding hydrogens is 886 g/mol. The molecule has 4 aromatic rings. The number of carbonyl (C=O) groups is 1. The molecule has 11 heteroatoms. The van der Waals surface area contributed by atoms with Crippen molar-refractivity contribution in [2.24, 2.45) is 0 Å². The first kappa shape index (κ1) is 26.2. The Morgan fingerprint density at radius 3 is 1.81 bits per heavy atom. The first-order chi connectivity index (χ1) is 14.1. The van der Waals surface area contributed by atoms with Crippen LogP contribution < -0.4 is 29.6 Å². The molecule has 0 saturated carbocycles. The molecule has 0 spiro atoms. The summed E-state index contributed by atoms with van der Waals surface area (Å²) in [6, 6.07) is 8.12. The first-order valence-corrected chi connectivity index (χ1v) is 12.8. The summed E-state index contributed by atoms with van der Waals surface area (Å²) in [5, 5.41) is 32.4. The van der Waals surface area contributed by atoms with Gasteiger partial charge in [-0.05, 0) is 126 Å². The molecule has 3 aromatic carbocycles. The third-order valence-corrected chi connectivity index (χ3v) is 8.40. The third kappa shape index (κ3) is 4.62. The second-order valence-corrected chi connectivity index (χ2v) is 11.2. The molecule has 1 aromatic heterocycles. The Morgan fingerprint density at radius 2 is 1.35 bits per heavy atom. The largest absolute Gasteiger partial charge is 1.00 e. The van der Waals surface area contributed by atoms with Gasteiger partial charge in [-0.25, -0.2) is 9.21 Å². The van der Waals surface area contributed by atoms with Gasteiger partial charge in [0.25, 0.3) is 0 Å². The van der Waals surface area contributed by atoms with E-state index >= 15 is 0 Å². The summed E-state index contributed by atoms with van der Waals surface area (Å²) in [6.45, 7) is 0. The van der Waals surface area contributed by atoms with Crippen LogP contribution in [0.25, 0.3) is 33.1 Å². The van der Waals surface area contributed by atoms with Crippen LogP contribution in [0.15, 0.2) is 34.7 Å². The van der Waals surface area contributed by atoms with Gasteiger partial charge in [-0.3, -0.25) is 0 Å². The van der Waals surface area contributed by atoms with E-state index in [0.29, 0.717) is 52.4 Å². The van der Waals surface area contributed by atoms with Crippen LogP contribution >= 0.6 is 102 Å². The van der Waals surface area contributed by atoms with E-state index < -0.39 is 5.97 Å². The Balaban J connectivity index is 0.00000272. The monoisotopic (exact) mass is 894 g/mol. The van der Waals surface area contributed by atoms with E-state index in [-0.39, 0.29) is 46.6 Å². The molecule has 0 atom stereocenters. The topological polar surface area (TPSA) is 89.1 Å². The maximum Gasteiger partial charge on any atom is 1.00 e. The average molecular weight is 894 g/mol. The summed E-state index contributed by atoms with van der Waals surface area (Å²) in [7, 11) is 0. The molecule has 4 rings (SSSR count). The Kier molecular flexibility index (Phi) is 8.52. The Bertz CT molecular complexity index is 1340. The number of hydrogen-bond acceptors (Lipinski definition) is 3. The molecule has 0 aliphatic rings. The van der Waals surface area contributed by atoms with Crippen molar-refractivity contribution in [2.45, 2.75) is 0 Å². The van der Waals surface area contributed by atoms with Crippen LogP contribution in [0, 0.1) is 14.3 Å². The predicted molar refractivity (Wildman–Crippen MR) is 150 cm³/mol. The molecule has 0 fully saturated rings. The van der Waals surface area contributed by atoms with Gasteiger partial charge < -0.3 is 15.3 Å². The van der Waals surface area contributed by atoms with Crippen LogP contribution in [0.1, 0.15) is 10.4 Å². The van der Waals surface area contributed by atoms with Crippen LogP contribution in [-0.2, 0) is 0 Å². The number of phenols is 2. The fourth-order valence-electron chi connectivity index (χ4n) is 3.20. The van der Waals surface area contributed by atoms with Gasteiger partial charge in [0.1, 0.15) is 0 Å². The number of benzene rings is 3. The maximum absolute atomic E-state index is 12.0. The van der Waals surface area contributed by atoms with Crippen LogP contribution in [0.2, 0.25) is 5.02 Å². The summed E-state index contributed by atoms with van der Waals surface area (Å²) in [5.74, 6) is -0.936. The standard InChI is InChI=1S/C20H7ClI4O5.Na/c21-6-1-2-7(20(28)29)8(3-6)13-9-4-11(22)16(26)14(24)18(9)30-19-10(13)5-12(23)17(27)15(19)25;/h1-5H,(H2-,26,27,28,29);/q;+1/p+1. The molecule has 0 aliphatic heterocycles. The Morgan fingerprint density at radius 1 is 0.871 bits per heavy atom. The van der Waals surface area contributed by atoms with Crippen molar-refractivity contribution in [3.8, 4) is 22.6 Å². The summed E-state index contributed by atoms with van der Waals surface area (Å²) in [6.07, 6.45) is 0. The Labute approximate surface area is 257 Å². The third-order valence-electron chi connectivity index (χ3n) is 4.52. The first-order valence-electron chi connectivity index (χ1n) is 8.12. The zero-order chi connectivity index (χ0) is 21.9. The summed E-state index contributed by atoms with van der Waals surface area (Å²) < 4.78 is 8.33. The quantitative estimate of drug-likeness (QED) is 0.118.